The largest absolute Gasteiger partial charge is 0.370 e. The molecule has 1 heterocycles. The summed E-state index contributed by atoms with van der Waals surface area (Å²) in [5.41, 5.74) is 2.64. The van der Waals surface area contributed by atoms with Crippen molar-refractivity contribution in [2.75, 3.05) is 25.5 Å². The molecular formula is C17H30N4. The van der Waals surface area contributed by atoms with Gasteiger partial charge in [-0.15, -0.1) is 0 Å². The first kappa shape index (κ1) is 16.2. The van der Waals surface area contributed by atoms with Crippen molar-refractivity contribution >= 4 is 5.82 Å². The highest BCUT2D eigenvalue weighted by Gasteiger charge is 2.13. The van der Waals surface area contributed by atoms with Crippen LogP contribution in [-0.4, -0.2) is 41.0 Å². The molecule has 0 saturated heterocycles. The van der Waals surface area contributed by atoms with E-state index in [1.807, 2.05) is 0 Å². The Hall–Kier alpha value is -1.16. The maximum Gasteiger partial charge on any atom is 0.132 e. The van der Waals surface area contributed by atoms with Crippen LogP contribution in [0.15, 0.2) is 6.33 Å². The summed E-state index contributed by atoms with van der Waals surface area (Å²) in [4.78, 5) is 11.3. The molecule has 0 radical (unpaired) electrons. The summed E-state index contributed by atoms with van der Waals surface area (Å²) >= 11 is 0. The SMILES string of the molecule is CC(C)N(C)CCCCNc1ncnc2c1CCCCC2. The van der Waals surface area contributed by atoms with E-state index < -0.39 is 0 Å². The number of fused-ring (bicyclic) bond motifs is 1. The van der Waals surface area contributed by atoms with Crippen molar-refractivity contribution in [2.45, 2.75) is 64.8 Å². The van der Waals surface area contributed by atoms with E-state index in [4.69, 9.17) is 0 Å². The van der Waals surface area contributed by atoms with Gasteiger partial charge >= 0.3 is 0 Å². The predicted octanol–water partition coefficient (Wildman–Crippen LogP) is 3.28. The molecule has 0 aromatic carbocycles. The molecular weight excluding hydrogens is 260 g/mol. The molecule has 0 amide bonds. The van der Waals surface area contributed by atoms with E-state index in [0.717, 1.165) is 25.2 Å². The topological polar surface area (TPSA) is 41.0 Å². The average Bonchev–Trinajstić information content (AvgIpc) is 2.72. The number of nitrogens with zero attached hydrogens (tertiary/aromatic N) is 3. The van der Waals surface area contributed by atoms with Gasteiger partial charge in [0.1, 0.15) is 12.1 Å². The zero-order valence-electron chi connectivity index (χ0n) is 13.9. The first-order valence-electron chi connectivity index (χ1n) is 8.45. The van der Waals surface area contributed by atoms with Crippen molar-refractivity contribution < 1.29 is 0 Å². The number of hydrogen-bond acceptors (Lipinski definition) is 4. The smallest absolute Gasteiger partial charge is 0.132 e. The molecule has 0 bridgehead atoms. The Morgan fingerprint density at radius 2 is 1.95 bits per heavy atom. The molecule has 1 aliphatic rings. The quantitative estimate of drug-likeness (QED) is 0.618. The van der Waals surface area contributed by atoms with Gasteiger partial charge in [0.2, 0.25) is 0 Å². The van der Waals surface area contributed by atoms with Gasteiger partial charge in [-0.2, -0.15) is 0 Å². The Labute approximate surface area is 129 Å². The van der Waals surface area contributed by atoms with E-state index in [1.165, 1.54) is 49.9 Å². The van der Waals surface area contributed by atoms with Crippen molar-refractivity contribution in [2.24, 2.45) is 0 Å². The molecule has 1 N–H and O–H groups in total. The lowest BCUT2D eigenvalue weighted by atomic mass is 10.1. The van der Waals surface area contributed by atoms with Crippen LogP contribution in [0.4, 0.5) is 5.82 Å². The molecule has 2 rings (SSSR count). The number of rotatable bonds is 7. The first-order valence-corrected chi connectivity index (χ1v) is 8.45. The monoisotopic (exact) mass is 290 g/mol. The zero-order chi connectivity index (χ0) is 15.1. The van der Waals surface area contributed by atoms with Crippen LogP contribution in [0.1, 0.15) is 57.2 Å². The third kappa shape index (κ3) is 4.95. The van der Waals surface area contributed by atoms with Gasteiger partial charge in [0.25, 0.3) is 0 Å². The molecule has 0 unspecified atom stereocenters. The molecule has 21 heavy (non-hydrogen) atoms. The van der Waals surface area contributed by atoms with E-state index in [2.05, 4.69) is 41.1 Å². The van der Waals surface area contributed by atoms with Crippen LogP contribution in [0.5, 0.6) is 0 Å². The molecule has 1 aromatic heterocycles. The number of anilines is 1. The minimum absolute atomic E-state index is 0.635. The van der Waals surface area contributed by atoms with Gasteiger partial charge in [-0.3, -0.25) is 0 Å². The summed E-state index contributed by atoms with van der Waals surface area (Å²) in [6, 6.07) is 0.635. The van der Waals surface area contributed by atoms with E-state index in [0.29, 0.717) is 6.04 Å². The van der Waals surface area contributed by atoms with Gasteiger partial charge < -0.3 is 10.2 Å². The minimum Gasteiger partial charge on any atom is -0.370 e. The standard InChI is InChI=1S/C17H30N4/c1-14(2)21(3)12-8-7-11-18-17-15-9-5-4-6-10-16(15)19-13-20-17/h13-14H,4-12H2,1-3H3,(H,18,19,20). The Morgan fingerprint density at radius 1 is 1.14 bits per heavy atom. The van der Waals surface area contributed by atoms with Crippen LogP contribution in [0.25, 0.3) is 0 Å². The number of nitrogens with one attached hydrogen (secondary N) is 1. The molecule has 118 valence electrons. The second kappa shape index (κ2) is 8.32. The Balaban J connectivity index is 1.78. The van der Waals surface area contributed by atoms with Crippen molar-refractivity contribution in [1.82, 2.24) is 14.9 Å². The highest BCUT2D eigenvalue weighted by Crippen LogP contribution is 2.23. The predicted molar refractivity (Wildman–Crippen MR) is 88.8 cm³/mol. The fourth-order valence-corrected chi connectivity index (χ4v) is 2.80. The second-order valence-electron chi connectivity index (χ2n) is 6.42. The number of aryl methyl sites for hydroxylation is 1. The Morgan fingerprint density at radius 3 is 2.76 bits per heavy atom. The molecule has 1 aliphatic carbocycles. The van der Waals surface area contributed by atoms with Crippen molar-refractivity contribution in [3.05, 3.63) is 17.6 Å². The summed E-state index contributed by atoms with van der Waals surface area (Å²) < 4.78 is 0. The minimum atomic E-state index is 0.635. The van der Waals surface area contributed by atoms with Gasteiger partial charge in [0, 0.05) is 23.8 Å². The number of hydrogen-bond donors (Lipinski definition) is 1. The summed E-state index contributed by atoms with van der Waals surface area (Å²) in [6.45, 7) is 6.67. The van der Waals surface area contributed by atoms with E-state index >= 15 is 0 Å². The fourth-order valence-electron chi connectivity index (χ4n) is 2.80. The molecule has 0 spiro atoms. The number of unbranched alkanes of at least 4 members (excludes halogenated alkanes) is 1. The molecule has 4 nitrogen and oxygen atoms in total. The Bertz CT molecular complexity index is 431. The van der Waals surface area contributed by atoms with Crippen LogP contribution in [0.3, 0.4) is 0 Å². The highest BCUT2D eigenvalue weighted by molar-refractivity contribution is 5.46. The van der Waals surface area contributed by atoms with Crippen LogP contribution < -0.4 is 5.32 Å². The Kier molecular flexibility index (Phi) is 6.43. The lowest BCUT2D eigenvalue weighted by molar-refractivity contribution is 0.269. The molecule has 0 saturated carbocycles. The molecule has 0 aliphatic heterocycles. The normalized spacial score (nSPS) is 15.1. The van der Waals surface area contributed by atoms with Crippen LogP contribution in [-0.2, 0) is 12.8 Å². The van der Waals surface area contributed by atoms with Crippen LogP contribution in [0.2, 0.25) is 0 Å². The van der Waals surface area contributed by atoms with E-state index in [-0.39, 0.29) is 0 Å². The summed E-state index contributed by atoms with van der Waals surface area (Å²) in [6.07, 6.45) is 10.3. The van der Waals surface area contributed by atoms with Gasteiger partial charge in [0.05, 0.1) is 0 Å². The maximum absolute atomic E-state index is 4.47. The van der Waals surface area contributed by atoms with Crippen molar-refractivity contribution in [3.63, 3.8) is 0 Å². The highest BCUT2D eigenvalue weighted by atomic mass is 15.1. The third-order valence-electron chi connectivity index (χ3n) is 4.49. The zero-order valence-corrected chi connectivity index (χ0v) is 13.9. The number of aromatic nitrogens is 2. The fraction of sp³-hybridized carbons (Fsp3) is 0.765. The van der Waals surface area contributed by atoms with Crippen molar-refractivity contribution in [3.8, 4) is 0 Å². The van der Waals surface area contributed by atoms with Gasteiger partial charge in [-0.1, -0.05) is 6.42 Å². The van der Waals surface area contributed by atoms with Gasteiger partial charge in [-0.25, -0.2) is 9.97 Å². The van der Waals surface area contributed by atoms with Gasteiger partial charge in [-0.05, 0) is 66.0 Å². The second-order valence-corrected chi connectivity index (χ2v) is 6.42. The summed E-state index contributed by atoms with van der Waals surface area (Å²) in [7, 11) is 2.20. The lowest BCUT2D eigenvalue weighted by Crippen LogP contribution is -2.27. The van der Waals surface area contributed by atoms with Gasteiger partial charge in [0.15, 0.2) is 0 Å². The summed E-state index contributed by atoms with van der Waals surface area (Å²) in [5.74, 6) is 1.08. The maximum atomic E-state index is 4.47. The lowest BCUT2D eigenvalue weighted by Gasteiger charge is -2.20. The van der Waals surface area contributed by atoms with E-state index in [1.54, 1.807) is 6.33 Å². The van der Waals surface area contributed by atoms with Crippen LogP contribution in [0, 0.1) is 0 Å². The molecule has 0 atom stereocenters. The average molecular weight is 290 g/mol. The molecule has 0 fully saturated rings. The van der Waals surface area contributed by atoms with Crippen molar-refractivity contribution in [1.29, 1.82) is 0 Å². The van der Waals surface area contributed by atoms with Crippen LogP contribution >= 0.6 is 0 Å². The molecule has 4 heteroatoms. The summed E-state index contributed by atoms with van der Waals surface area (Å²) in [5, 5.41) is 3.53. The third-order valence-corrected chi connectivity index (χ3v) is 4.49. The van der Waals surface area contributed by atoms with E-state index in [9.17, 15) is 0 Å². The first-order chi connectivity index (χ1) is 10.2. The molecule has 1 aromatic rings.